The number of benzene rings is 2. The molecule has 0 spiro atoms. The first-order chi connectivity index (χ1) is 14.9. The van der Waals surface area contributed by atoms with Gasteiger partial charge in [-0.3, -0.25) is 4.79 Å². The van der Waals surface area contributed by atoms with Crippen LogP contribution in [0.2, 0.25) is 5.02 Å². The lowest BCUT2D eigenvalue weighted by Crippen LogP contribution is -2.26. The summed E-state index contributed by atoms with van der Waals surface area (Å²) in [4.78, 5) is 18.4. The van der Waals surface area contributed by atoms with Crippen LogP contribution >= 0.6 is 11.6 Å². The molecule has 0 fully saturated rings. The smallest absolute Gasteiger partial charge is 0.273 e. The Morgan fingerprint density at radius 2 is 2.06 bits per heavy atom. The third kappa shape index (κ3) is 4.74. The minimum absolute atomic E-state index is 0.0977. The van der Waals surface area contributed by atoms with Gasteiger partial charge in [0.2, 0.25) is 5.95 Å². The fourth-order valence-electron chi connectivity index (χ4n) is 3.45. The highest BCUT2D eigenvalue weighted by Gasteiger charge is 2.18. The number of hydrogen-bond donors (Lipinski definition) is 4. The number of rotatable bonds is 6. The molecular formula is C21H22ClN7O2. The maximum absolute atomic E-state index is 11.8. The lowest BCUT2D eigenvalue weighted by atomic mass is 9.99. The number of carbonyl (C=O) groups is 1. The first-order valence-electron chi connectivity index (χ1n) is 9.71. The Kier molecular flexibility index (Phi) is 5.99. The highest BCUT2D eigenvalue weighted by Crippen LogP contribution is 2.31. The predicted molar refractivity (Wildman–Crippen MR) is 119 cm³/mol. The van der Waals surface area contributed by atoms with Gasteiger partial charge in [-0.05, 0) is 54.4 Å². The third-order valence-corrected chi connectivity index (χ3v) is 5.34. The number of nitrogens with one attached hydrogen (secondary N) is 2. The number of primary amides is 1. The van der Waals surface area contributed by atoms with Gasteiger partial charge < -0.3 is 26.4 Å². The van der Waals surface area contributed by atoms with Crippen molar-refractivity contribution in [2.45, 2.75) is 19.6 Å². The molecule has 0 aliphatic carbocycles. The standard InChI is InChI=1S/C21H22ClN7O2/c1-29-6-5-13-9-17(16(22)8-14(13)10-29)25-21-26-20(18(19(23)31)27-28-21)24-15-4-2-3-12(7-15)11-30/h2-4,7-9,30H,5-6,10-11H2,1H3,(H2,23,31)(H2,24,25,26,28). The van der Waals surface area contributed by atoms with Gasteiger partial charge in [0.15, 0.2) is 11.5 Å². The van der Waals surface area contributed by atoms with Gasteiger partial charge in [-0.15, -0.1) is 10.2 Å². The number of amides is 1. The van der Waals surface area contributed by atoms with E-state index < -0.39 is 5.91 Å². The van der Waals surface area contributed by atoms with Gasteiger partial charge in [0.05, 0.1) is 17.3 Å². The number of aromatic nitrogens is 3. The molecule has 3 aromatic rings. The molecule has 0 bridgehead atoms. The van der Waals surface area contributed by atoms with Crippen LogP contribution in [0.3, 0.4) is 0 Å². The van der Waals surface area contributed by atoms with Crippen LogP contribution in [0.15, 0.2) is 36.4 Å². The monoisotopic (exact) mass is 439 g/mol. The molecule has 0 saturated heterocycles. The maximum atomic E-state index is 11.8. The summed E-state index contributed by atoms with van der Waals surface area (Å²) in [6, 6.07) is 11.0. The van der Waals surface area contributed by atoms with Crippen LogP contribution in [-0.4, -0.2) is 44.7 Å². The van der Waals surface area contributed by atoms with E-state index >= 15 is 0 Å². The molecule has 1 aromatic heterocycles. The van der Waals surface area contributed by atoms with Crippen LogP contribution in [0, 0.1) is 0 Å². The average molecular weight is 440 g/mol. The highest BCUT2D eigenvalue weighted by molar-refractivity contribution is 6.33. The Labute approximate surface area is 184 Å². The van der Waals surface area contributed by atoms with Crippen LogP contribution in [0.1, 0.15) is 27.2 Å². The minimum Gasteiger partial charge on any atom is -0.392 e. The van der Waals surface area contributed by atoms with Crippen molar-refractivity contribution in [1.29, 1.82) is 0 Å². The van der Waals surface area contributed by atoms with Crippen molar-refractivity contribution in [1.82, 2.24) is 20.1 Å². The molecule has 1 aliphatic rings. The normalized spacial score (nSPS) is 13.5. The molecule has 1 amide bonds. The quantitative estimate of drug-likeness (QED) is 0.461. The van der Waals surface area contributed by atoms with Gasteiger partial charge >= 0.3 is 0 Å². The van der Waals surface area contributed by atoms with Gasteiger partial charge in [0, 0.05) is 18.8 Å². The van der Waals surface area contributed by atoms with E-state index in [-0.39, 0.29) is 24.1 Å². The Balaban J connectivity index is 1.64. The van der Waals surface area contributed by atoms with Crippen molar-refractivity contribution in [3.63, 3.8) is 0 Å². The van der Waals surface area contributed by atoms with Crippen molar-refractivity contribution in [3.8, 4) is 0 Å². The highest BCUT2D eigenvalue weighted by atomic mass is 35.5. The summed E-state index contributed by atoms with van der Waals surface area (Å²) in [5.41, 5.74) is 9.73. The number of anilines is 4. The van der Waals surface area contributed by atoms with Crippen molar-refractivity contribution < 1.29 is 9.90 Å². The molecule has 9 nitrogen and oxygen atoms in total. The molecule has 0 saturated carbocycles. The van der Waals surface area contributed by atoms with Crippen molar-refractivity contribution in [3.05, 3.63) is 63.8 Å². The molecule has 1 aliphatic heterocycles. The third-order valence-electron chi connectivity index (χ3n) is 5.03. The molecule has 10 heteroatoms. The minimum atomic E-state index is -0.761. The summed E-state index contributed by atoms with van der Waals surface area (Å²) in [7, 11) is 2.08. The number of likely N-dealkylation sites (N-methyl/N-ethyl adjacent to an activating group) is 1. The van der Waals surface area contributed by atoms with Gasteiger partial charge in [-0.2, -0.15) is 4.98 Å². The van der Waals surface area contributed by atoms with E-state index in [1.54, 1.807) is 24.3 Å². The SMILES string of the molecule is CN1CCc2cc(Nc3nnc(C(N)=O)c(Nc4cccc(CO)c4)n3)c(Cl)cc2C1. The molecule has 2 aromatic carbocycles. The van der Waals surface area contributed by atoms with Crippen LogP contribution in [0.4, 0.5) is 23.1 Å². The molecule has 5 N–H and O–H groups in total. The largest absolute Gasteiger partial charge is 0.392 e. The zero-order valence-corrected chi connectivity index (χ0v) is 17.6. The van der Waals surface area contributed by atoms with Crippen LogP contribution in [0.25, 0.3) is 0 Å². The lowest BCUT2D eigenvalue weighted by molar-refractivity contribution is 0.0995. The molecular weight excluding hydrogens is 418 g/mol. The summed E-state index contributed by atoms with van der Waals surface area (Å²) >= 11 is 6.47. The predicted octanol–water partition coefficient (Wildman–Crippen LogP) is 2.59. The molecule has 2 heterocycles. The van der Waals surface area contributed by atoms with E-state index in [2.05, 4.69) is 37.8 Å². The number of carbonyl (C=O) groups excluding carboxylic acids is 1. The van der Waals surface area contributed by atoms with E-state index in [0.29, 0.717) is 22.0 Å². The molecule has 0 radical (unpaired) electrons. The Morgan fingerprint density at radius 1 is 1.23 bits per heavy atom. The number of aliphatic hydroxyl groups is 1. The summed E-state index contributed by atoms with van der Waals surface area (Å²) in [5.74, 6) is -0.445. The Bertz CT molecular complexity index is 1140. The zero-order chi connectivity index (χ0) is 22.0. The number of hydrogen-bond acceptors (Lipinski definition) is 8. The van der Waals surface area contributed by atoms with Gasteiger partial charge in [0.1, 0.15) is 0 Å². The van der Waals surface area contributed by atoms with E-state index in [0.717, 1.165) is 19.5 Å². The second kappa shape index (κ2) is 8.84. The number of nitrogens with two attached hydrogens (primary N) is 1. The topological polar surface area (TPSA) is 129 Å². The fraction of sp³-hybridized carbons (Fsp3) is 0.238. The molecule has 0 unspecified atom stereocenters. The first-order valence-corrected chi connectivity index (χ1v) is 10.1. The van der Waals surface area contributed by atoms with Crippen LogP contribution in [-0.2, 0) is 19.6 Å². The Hall–Kier alpha value is -3.27. The molecule has 160 valence electrons. The van der Waals surface area contributed by atoms with Crippen LogP contribution in [0.5, 0.6) is 0 Å². The second-order valence-corrected chi connectivity index (χ2v) is 7.80. The molecule has 31 heavy (non-hydrogen) atoms. The van der Waals surface area contributed by atoms with E-state index in [4.69, 9.17) is 17.3 Å². The van der Waals surface area contributed by atoms with E-state index in [1.165, 1.54) is 11.1 Å². The maximum Gasteiger partial charge on any atom is 0.273 e. The number of fused-ring (bicyclic) bond motifs is 1. The van der Waals surface area contributed by atoms with E-state index in [9.17, 15) is 9.90 Å². The number of aliphatic hydroxyl groups excluding tert-OH is 1. The van der Waals surface area contributed by atoms with Gasteiger partial charge in [-0.1, -0.05) is 23.7 Å². The van der Waals surface area contributed by atoms with Gasteiger partial charge in [0.25, 0.3) is 5.91 Å². The molecule has 4 rings (SSSR count). The van der Waals surface area contributed by atoms with Crippen molar-refractivity contribution >= 4 is 40.6 Å². The van der Waals surface area contributed by atoms with E-state index in [1.807, 2.05) is 12.1 Å². The summed E-state index contributed by atoms with van der Waals surface area (Å²) in [6.45, 7) is 1.71. The molecule has 0 atom stereocenters. The zero-order valence-electron chi connectivity index (χ0n) is 16.9. The Morgan fingerprint density at radius 3 is 2.84 bits per heavy atom. The summed E-state index contributed by atoms with van der Waals surface area (Å²) < 4.78 is 0. The van der Waals surface area contributed by atoms with Crippen molar-refractivity contribution in [2.24, 2.45) is 5.73 Å². The number of halogens is 1. The lowest BCUT2D eigenvalue weighted by Gasteiger charge is -2.26. The summed E-state index contributed by atoms with van der Waals surface area (Å²) in [5, 5.41) is 23.9. The fourth-order valence-corrected chi connectivity index (χ4v) is 3.69. The van der Waals surface area contributed by atoms with Gasteiger partial charge in [-0.25, -0.2) is 0 Å². The van der Waals surface area contributed by atoms with Crippen molar-refractivity contribution in [2.75, 3.05) is 24.2 Å². The summed E-state index contributed by atoms with van der Waals surface area (Å²) in [6.07, 6.45) is 0.922. The van der Waals surface area contributed by atoms with Crippen LogP contribution < -0.4 is 16.4 Å². The second-order valence-electron chi connectivity index (χ2n) is 7.39. The first kappa shape index (κ1) is 21.0. The number of nitrogens with zero attached hydrogens (tertiary/aromatic N) is 4. The average Bonchev–Trinajstić information content (AvgIpc) is 2.74.